The molecule has 1 N–H and O–H groups in total. The molecular weight excluding hydrogens is 376 g/mol. The maximum absolute atomic E-state index is 12.8. The molecule has 0 spiro atoms. The van der Waals surface area contributed by atoms with Crippen LogP contribution < -0.4 is 10.1 Å². The van der Waals surface area contributed by atoms with E-state index in [0.717, 1.165) is 42.6 Å². The van der Waals surface area contributed by atoms with Gasteiger partial charge in [0.15, 0.2) is 9.84 Å². The molecular formula is C21H24N2O4S. The van der Waals surface area contributed by atoms with E-state index >= 15 is 0 Å². The van der Waals surface area contributed by atoms with E-state index in [-0.39, 0.29) is 11.9 Å². The summed E-state index contributed by atoms with van der Waals surface area (Å²) in [6.07, 6.45) is 3.30. The number of carbonyl (C=O) groups excluding carboxylic acids is 1. The highest BCUT2D eigenvalue weighted by Gasteiger charge is 2.35. The van der Waals surface area contributed by atoms with E-state index < -0.39 is 9.84 Å². The van der Waals surface area contributed by atoms with Gasteiger partial charge in [-0.15, -0.1) is 0 Å². The molecule has 0 saturated carbocycles. The third-order valence-corrected chi connectivity index (χ3v) is 6.54. The van der Waals surface area contributed by atoms with Crippen molar-refractivity contribution in [3.63, 3.8) is 0 Å². The normalized spacial score (nSPS) is 19.5. The number of sulfone groups is 1. The first kappa shape index (κ1) is 19.0. The number of nitrogens with zero attached hydrogens (tertiary/aromatic N) is 1. The van der Waals surface area contributed by atoms with Gasteiger partial charge in [0.25, 0.3) is 5.91 Å². The Balaban J connectivity index is 1.48. The Kier molecular flexibility index (Phi) is 5.12. The lowest BCUT2D eigenvalue weighted by molar-refractivity contribution is 0.0674. The highest BCUT2D eigenvalue weighted by atomic mass is 32.2. The lowest BCUT2D eigenvalue weighted by Gasteiger charge is -2.31. The van der Waals surface area contributed by atoms with Crippen LogP contribution in [-0.4, -0.2) is 44.6 Å². The van der Waals surface area contributed by atoms with Gasteiger partial charge in [-0.3, -0.25) is 4.79 Å². The molecule has 1 unspecified atom stereocenters. The summed E-state index contributed by atoms with van der Waals surface area (Å²) in [4.78, 5) is 15.1. The lowest BCUT2D eigenvalue weighted by atomic mass is 10.1. The molecule has 1 saturated heterocycles. The fourth-order valence-corrected chi connectivity index (χ4v) is 4.48. The Morgan fingerprint density at radius 2 is 1.96 bits per heavy atom. The predicted octanol–water partition coefficient (Wildman–Crippen LogP) is 2.38. The average molecular weight is 401 g/mol. The van der Waals surface area contributed by atoms with Crippen LogP contribution in [0.2, 0.25) is 0 Å². The number of fused-ring (bicyclic) bond motifs is 1. The zero-order chi connectivity index (χ0) is 19.7. The molecule has 2 aliphatic rings. The van der Waals surface area contributed by atoms with Gasteiger partial charge in [0.05, 0.1) is 11.4 Å². The van der Waals surface area contributed by atoms with Crippen LogP contribution in [-0.2, 0) is 23.0 Å². The fraction of sp³-hybridized carbons (Fsp3) is 0.381. The number of benzene rings is 2. The van der Waals surface area contributed by atoms with Gasteiger partial charge in [-0.2, -0.15) is 0 Å². The van der Waals surface area contributed by atoms with Gasteiger partial charge in [0.2, 0.25) is 0 Å². The monoisotopic (exact) mass is 400 g/mol. The second-order valence-electron chi connectivity index (χ2n) is 7.42. The van der Waals surface area contributed by atoms with Crippen molar-refractivity contribution in [1.82, 2.24) is 10.2 Å². The number of nitrogens with one attached hydrogen (secondary N) is 1. The van der Waals surface area contributed by atoms with E-state index in [1.165, 1.54) is 6.26 Å². The van der Waals surface area contributed by atoms with E-state index in [1.807, 2.05) is 23.1 Å². The lowest BCUT2D eigenvalue weighted by Crippen LogP contribution is -2.46. The van der Waals surface area contributed by atoms with Crippen molar-refractivity contribution in [2.45, 2.75) is 36.9 Å². The van der Waals surface area contributed by atoms with E-state index in [0.29, 0.717) is 23.8 Å². The number of piperidine rings is 1. The van der Waals surface area contributed by atoms with E-state index in [9.17, 15) is 13.2 Å². The van der Waals surface area contributed by atoms with Crippen molar-refractivity contribution >= 4 is 15.7 Å². The van der Waals surface area contributed by atoms with E-state index in [4.69, 9.17) is 4.74 Å². The molecule has 6 nitrogen and oxygen atoms in total. The molecule has 2 aromatic rings. The summed E-state index contributed by atoms with van der Waals surface area (Å²) in [7, 11) is -3.21. The molecule has 0 bridgehead atoms. The smallest absolute Gasteiger partial charge is 0.254 e. The predicted molar refractivity (Wildman–Crippen MR) is 106 cm³/mol. The Morgan fingerprint density at radius 3 is 2.64 bits per heavy atom. The van der Waals surface area contributed by atoms with Gasteiger partial charge >= 0.3 is 0 Å². The molecule has 2 aromatic carbocycles. The largest absolute Gasteiger partial charge is 0.489 e. The van der Waals surface area contributed by atoms with E-state index in [1.54, 1.807) is 24.3 Å². The van der Waals surface area contributed by atoms with Gasteiger partial charge in [0.1, 0.15) is 12.4 Å². The first-order valence-corrected chi connectivity index (χ1v) is 11.4. The minimum atomic E-state index is -3.21. The number of ether oxygens (including phenoxy) is 1. The van der Waals surface area contributed by atoms with Crippen molar-refractivity contribution in [1.29, 1.82) is 0 Å². The first-order chi connectivity index (χ1) is 13.4. The zero-order valence-corrected chi connectivity index (χ0v) is 16.7. The molecule has 7 heteroatoms. The highest BCUT2D eigenvalue weighted by molar-refractivity contribution is 7.90. The number of carbonyl (C=O) groups is 1. The van der Waals surface area contributed by atoms with Gasteiger partial charge < -0.3 is 15.0 Å². The number of rotatable bonds is 5. The van der Waals surface area contributed by atoms with Crippen LogP contribution in [0, 0.1) is 0 Å². The molecule has 4 rings (SSSR count). The Bertz CT molecular complexity index is 980. The summed E-state index contributed by atoms with van der Waals surface area (Å²) in [6.45, 7) is 2.74. The quantitative estimate of drug-likeness (QED) is 0.834. The highest BCUT2D eigenvalue weighted by Crippen LogP contribution is 2.33. The molecule has 2 aliphatic heterocycles. The summed E-state index contributed by atoms with van der Waals surface area (Å²) in [5.74, 6) is 0.788. The standard InChI is InChI=1S/C21H24N2O4S/c1-28(25,26)17-9-7-15(8-10-17)14-27-20-6-2-5-18-19(20)13-23(21(18)24)16-4-3-11-22-12-16/h2,5-10,16,22H,3-4,11-14H2,1H3. The summed E-state index contributed by atoms with van der Waals surface area (Å²) in [5.41, 5.74) is 2.53. The Labute approximate surface area is 165 Å². The second kappa shape index (κ2) is 7.56. The third-order valence-electron chi connectivity index (χ3n) is 5.41. The SMILES string of the molecule is CS(=O)(=O)c1ccc(COc2cccc3c2CN(C2CCCNC2)C3=O)cc1. The summed E-state index contributed by atoms with van der Waals surface area (Å²) >= 11 is 0. The van der Waals surface area contributed by atoms with E-state index in [2.05, 4.69) is 5.32 Å². The van der Waals surface area contributed by atoms with Crippen molar-refractivity contribution in [3.8, 4) is 5.75 Å². The molecule has 1 amide bonds. The fourth-order valence-electron chi connectivity index (χ4n) is 3.85. The topological polar surface area (TPSA) is 75.7 Å². The number of hydrogen-bond acceptors (Lipinski definition) is 5. The van der Waals surface area contributed by atoms with Crippen molar-refractivity contribution in [3.05, 3.63) is 59.2 Å². The molecule has 148 valence electrons. The molecule has 1 fully saturated rings. The summed E-state index contributed by atoms with van der Waals surface area (Å²) in [6, 6.07) is 12.5. The van der Waals surface area contributed by atoms with Crippen LogP contribution in [0.4, 0.5) is 0 Å². The van der Waals surface area contributed by atoms with Crippen LogP contribution >= 0.6 is 0 Å². The molecule has 0 aromatic heterocycles. The van der Waals surface area contributed by atoms with Crippen LogP contribution in [0.1, 0.15) is 34.3 Å². The Hall–Kier alpha value is -2.38. The first-order valence-electron chi connectivity index (χ1n) is 9.49. The van der Waals surface area contributed by atoms with Crippen molar-refractivity contribution < 1.29 is 17.9 Å². The van der Waals surface area contributed by atoms with Crippen LogP contribution in [0.5, 0.6) is 5.75 Å². The second-order valence-corrected chi connectivity index (χ2v) is 9.44. The molecule has 1 atom stereocenters. The van der Waals surface area contributed by atoms with Gasteiger partial charge in [-0.05, 0) is 49.2 Å². The van der Waals surface area contributed by atoms with Crippen molar-refractivity contribution in [2.75, 3.05) is 19.3 Å². The van der Waals surface area contributed by atoms with Crippen molar-refractivity contribution in [2.24, 2.45) is 0 Å². The molecule has 0 aliphatic carbocycles. The number of amides is 1. The maximum Gasteiger partial charge on any atom is 0.254 e. The molecule has 2 heterocycles. The summed E-state index contributed by atoms with van der Waals surface area (Å²) in [5, 5.41) is 3.37. The Morgan fingerprint density at radius 1 is 1.18 bits per heavy atom. The van der Waals surface area contributed by atoms with Crippen LogP contribution in [0.25, 0.3) is 0 Å². The maximum atomic E-state index is 12.8. The van der Waals surface area contributed by atoms with Crippen LogP contribution in [0.3, 0.4) is 0 Å². The molecule has 28 heavy (non-hydrogen) atoms. The van der Waals surface area contributed by atoms with Crippen LogP contribution in [0.15, 0.2) is 47.4 Å². The number of hydrogen-bond donors (Lipinski definition) is 1. The molecule has 0 radical (unpaired) electrons. The van der Waals surface area contributed by atoms with Gasteiger partial charge in [0, 0.05) is 30.0 Å². The minimum Gasteiger partial charge on any atom is -0.489 e. The zero-order valence-electron chi connectivity index (χ0n) is 15.8. The average Bonchev–Trinajstić information content (AvgIpc) is 3.04. The van der Waals surface area contributed by atoms with Gasteiger partial charge in [-0.25, -0.2) is 8.42 Å². The van der Waals surface area contributed by atoms with Gasteiger partial charge in [-0.1, -0.05) is 18.2 Å². The third kappa shape index (κ3) is 3.77. The minimum absolute atomic E-state index is 0.0756. The summed E-state index contributed by atoms with van der Waals surface area (Å²) < 4.78 is 29.1.